The van der Waals surface area contributed by atoms with Gasteiger partial charge in [-0.1, -0.05) is 18.2 Å². The highest BCUT2D eigenvalue weighted by molar-refractivity contribution is 5.54. The van der Waals surface area contributed by atoms with Crippen LogP contribution in [0.3, 0.4) is 0 Å². The molecule has 0 bridgehead atoms. The van der Waals surface area contributed by atoms with Crippen LogP contribution in [0.2, 0.25) is 0 Å². The number of pyridine rings is 1. The fourth-order valence-corrected chi connectivity index (χ4v) is 3.89. The fraction of sp³-hybridized carbons (Fsp3) is 0.348. The topological polar surface area (TPSA) is 63.2 Å². The van der Waals surface area contributed by atoms with Crippen LogP contribution in [0.5, 0.6) is 5.75 Å². The van der Waals surface area contributed by atoms with Crippen LogP contribution < -0.4 is 10.1 Å². The van der Waals surface area contributed by atoms with Gasteiger partial charge in [0, 0.05) is 18.3 Å². The average Bonchev–Trinajstić information content (AvgIpc) is 3.19. The van der Waals surface area contributed by atoms with E-state index in [0.29, 0.717) is 0 Å². The molecule has 1 aromatic carbocycles. The van der Waals surface area contributed by atoms with E-state index in [2.05, 4.69) is 45.3 Å². The molecule has 6 heteroatoms. The van der Waals surface area contributed by atoms with E-state index in [9.17, 15) is 0 Å². The molecule has 1 fully saturated rings. The molecule has 1 aliphatic heterocycles. The Labute approximate surface area is 172 Å². The van der Waals surface area contributed by atoms with E-state index in [1.165, 1.54) is 11.1 Å². The largest absolute Gasteiger partial charge is 0.496 e. The van der Waals surface area contributed by atoms with Crippen LogP contribution >= 0.6 is 0 Å². The molecule has 150 valence electrons. The number of hydrogen-bond donors (Lipinski definition) is 1. The molecule has 0 aliphatic carbocycles. The number of rotatable bonds is 6. The second kappa shape index (κ2) is 8.57. The van der Waals surface area contributed by atoms with Crippen molar-refractivity contribution in [1.82, 2.24) is 19.9 Å². The summed E-state index contributed by atoms with van der Waals surface area (Å²) in [5.41, 5.74) is 4.48. The van der Waals surface area contributed by atoms with E-state index in [-0.39, 0.29) is 6.04 Å². The maximum Gasteiger partial charge on any atom is 0.150 e. The zero-order valence-electron chi connectivity index (χ0n) is 17.2. The molecule has 1 aliphatic rings. The predicted molar refractivity (Wildman–Crippen MR) is 114 cm³/mol. The lowest BCUT2D eigenvalue weighted by atomic mass is 10.1. The lowest BCUT2D eigenvalue weighted by Gasteiger charge is -2.25. The lowest BCUT2D eigenvalue weighted by molar-refractivity contribution is 0.240. The molecule has 0 unspecified atom stereocenters. The molecule has 0 spiro atoms. The van der Waals surface area contributed by atoms with Gasteiger partial charge in [0.2, 0.25) is 0 Å². The summed E-state index contributed by atoms with van der Waals surface area (Å²) in [4.78, 5) is 16.2. The van der Waals surface area contributed by atoms with Gasteiger partial charge in [0.25, 0.3) is 0 Å². The zero-order chi connectivity index (χ0) is 20.2. The summed E-state index contributed by atoms with van der Waals surface area (Å²) in [5, 5.41) is 3.30. The van der Waals surface area contributed by atoms with Crippen molar-refractivity contribution in [3.8, 4) is 5.75 Å². The number of aromatic nitrogens is 3. The normalized spacial score (nSPS) is 16.7. The Bertz CT molecular complexity index is 991. The van der Waals surface area contributed by atoms with Crippen molar-refractivity contribution in [2.75, 3.05) is 19.0 Å². The first-order valence-electron chi connectivity index (χ1n) is 10.0. The first-order valence-corrected chi connectivity index (χ1v) is 10.0. The van der Waals surface area contributed by atoms with Gasteiger partial charge in [-0.25, -0.2) is 9.97 Å². The lowest BCUT2D eigenvalue weighted by Crippen LogP contribution is -2.24. The van der Waals surface area contributed by atoms with Crippen molar-refractivity contribution in [1.29, 1.82) is 0 Å². The smallest absolute Gasteiger partial charge is 0.150 e. The second-order valence-electron chi connectivity index (χ2n) is 7.57. The monoisotopic (exact) mass is 389 g/mol. The highest BCUT2D eigenvalue weighted by Gasteiger charge is 2.28. The maximum absolute atomic E-state index is 5.60. The standard InChI is InChI=1S/C23H27N5O/c1-16-8-9-18(21(12-16)29-3)15-28-11-5-7-20(28)19-13-24-14-22(26-19)27-23-17(2)6-4-10-25-23/h4,6,8-10,12-14,20H,5,7,11,15H2,1-3H3,(H,25,26,27)/t20-/m0/s1. The first-order chi connectivity index (χ1) is 14.1. The Balaban J connectivity index is 1.54. The Morgan fingerprint density at radius 3 is 2.93 bits per heavy atom. The first kappa shape index (κ1) is 19.3. The van der Waals surface area contributed by atoms with Gasteiger partial charge < -0.3 is 10.1 Å². The Kier molecular flexibility index (Phi) is 5.71. The molecule has 2 aromatic heterocycles. The quantitative estimate of drug-likeness (QED) is 0.666. The van der Waals surface area contributed by atoms with E-state index in [0.717, 1.165) is 54.6 Å². The summed E-state index contributed by atoms with van der Waals surface area (Å²) in [6.07, 6.45) is 7.64. The number of ether oxygens (including phenoxy) is 1. The highest BCUT2D eigenvalue weighted by atomic mass is 16.5. The van der Waals surface area contributed by atoms with Crippen molar-refractivity contribution in [3.63, 3.8) is 0 Å². The summed E-state index contributed by atoms with van der Waals surface area (Å²) in [5.74, 6) is 2.48. The van der Waals surface area contributed by atoms with E-state index in [4.69, 9.17) is 9.72 Å². The molecule has 3 aromatic rings. The van der Waals surface area contributed by atoms with Crippen LogP contribution in [0.1, 0.15) is 41.3 Å². The van der Waals surface area contributed by atoms with Crippen molar-refractivity contribution in [3.05, 3.63) is 71.3 Å². The van der Waals surface area contributed by atoms with Crippen molar-refractivity contribution < 1.29 is 4.74 Å². The summed E-state index contributed by atoms with van der Waals surface area (Å²) >= 11 is 0. The molecule has 3 heterocycles. The molecule has 4 rings (SSSR count). The summed E-state index contributed by atoms with van der Waals surface area (Å²) in [6.45, 7) is 6.00. The number of anilines is 2. The molecule has 1 saturated heterocycles. The summed E-state index contributed by atoms with van der Waals surface area (Å²) < 4.78 is 5.60. The number of hydrogen-bond acceptors (Lipinski definition) is 6. The van der Waals surface area contributed by atoms with Gasteiger partial charge in [0.1, 0.15) is 17.4 Å². The van der Waals surface area contributed by atoms with Crippen LogP contribution in [0.4, 0.5) is 11.6 Å². The third-order valence-corrected chi connectivity index (χ3v) is 5.43. The fourth-order valence-electron chi connectivity index (χ4n) is 3.89. The van der Waals surface area contributed by atoms with Crippen molar-refractivity contribution in [2.24, 2.45) is 0 Å². The molecule has 0 amide bonds. The minimum absolute atomic E-state index is 0.250. The van der Waals surface area contributed by atoms with E-state index >= 15 is 0 Å². The molecular weight excluding hydrogens is 362 g/mol. The van der Waals surface area contributed by atoms with Crippen LogP contribution in [-0.4, -0.2) is 33.5 Å². The molecule has 29 heavy (non-hydrogen) atoms. The van der Waals surface area contributed by atoms with Gasteiger partial charge in [-0.15, -0.1) is 0 Å². The summed E-state index contributed by atoms with van der Waals surface area (Å²) in [7, 11) is 1.74. The Morgan fingerprint density at radius 2 is 2.10 bits per heavy atom. The number of aryl methyl sites for hydroxylation is 2. The van der Waals surface area contributed by atoms with Gasteiger partial charge >= 0.3 is 0 Å². The Hall–Kier alpha value is -2.99. The third kappa shape index (κ3) is 4.38. The van der Waals surface area contributed by atoms with Gasteiger partial charge in [0.05, 0.1) is 31.2 Å². The van der Waals surface area contributed by atoms with Crippen LogP contribution in [0.25, 0.3) is 0 Å². The van der Waals surface area contributed by atoms with E-state index < -0.39 is 0 Å². The molecule has 6 nitrogen and oxygen atoms in total. The number of nitrogens with one attached hydrogen (secondary N) is 1. The molecule has 0 saturated carbocycles. The SMILES string of the molecule is COc1cc(C)ccc1CN1CCC[C@H]1c1cncc(Nc2ncccc2C)n1. The van der Waals surface area contributed by atoms with Crippen LogP contribution in [0, 0.1) is 13.8 Å². The van der Waals surface area contributed by atoms with Gasteiger partial charge in [-0.05, 0) is 56.5 Å². The zero-order valence-corrected chi connectivity index (χ0v) is 17.2. The highest BCUT2D eigenvalue weighted by Crippen LogP contribution is 2.34. The van der Waals surface area contributed by atoms with Crippen LogP contribution in [-0.2, 0) is 6.54 Å². The molecule has 0 radical (unpaired) electrons. The molecule has 1 N–H and O–H groups in total. The van der Waals surface area contributed by atoms with Crippen molar-refractivity contribution >= 4 is 11.6 Å². The van der Waals surface area contributed by atoms with Gasteiger partial charge in [-0.2, -0.15) is 0 Å². The number of likely N-dealkylation sites (tertiary alicyclic amines) is 1. The van der Waals surface area contributed by atoms with E-state index in [1.54, 1.807) is 19.5 Å². The van der Waals surface area contributed by atoms with Crippen LogP contribution in [0.15, 0.2) is 48.9 Å². The average molecular weight is 390 g/mol. The van der Waals surface area contributed by atoms with Crippen molar-refractivity contribution in [2.45, 2.75) is 39.3 Å². The van der Waals surface area contributed by atoms with Gasteiger partial charge in [0.15, 0.2) is 0 Å². The number of nitrogens with zero attached hydrogens (tertiary/aromatic N) is 4. The maximum atomic E-state index is 5.60. The predicted octanol–water partition coefficient (Wildman–Crippen LogP) is 4.58. The molecule has 1 atom stereocenters. The third-order valence-electron chi connectivity index (χ3n) is 5.43. The number of methoxy groups -OCH3 is 1. The van der Waals surface area contributed by atoms with E-state index in [1.807, 2.05) is 25.3 Å². The van der Waals surface area contributed by atoms with Gasteiger partial charge in [-0.3, -0.25) is 9.88 Å². The minimum atomic E-state index is 0.250. The second-order valence-corrected chi connectivity index (χ2v) is 7.57. The molecular formula is C23H27N5O. The minimum Gasteiger partial charge on any atom is -0.496 e. The number of benzene rings is 1. The Morgan fingerprint density at radius 1 is 1.21 bits per heavy atom. The summed E-state index contributed by atoms with van der Waals surface area (Å²) in [6, 6.07) is 10.6.